The maximum atomic E-state index is 12.8. The summed E-state index contributed by atoms with van der Waals surface area (Å²) >= 11 is 0. The Hall–Kier alpha value is -4.19. The van der Waals surface area contributed by atoms with Crippen LogP contribution in [0.4, 0.5) is 0 Å². The lowest BCUT2D eigenvalue weighted by molar-refractivity contribution is -0.167. The number of hydrogen-bond acceptors (Lipinski definition) is 6. The van der Waals surface area contributed by atoms with Gasteiger partial charge in [0.1, 0.15) is 13.2 Å². The van der Waals surface area contributed by atoms with Crippen LogP contribution in [-0.4, -0.2) is 37.2 Å². The first kappa shape index (κ1) is 64.8. The molecule has 6 nitrogen and oxygen atoms in total. The van der Waals surface area contributed by atoms with Gasteiger partial charge in [-0.25, -0.2) is 0 Å². The summed E-state index contributed by atoms with van der Waals surface area (Å²) < 4.78 is 16.8. The first-order chi connectivity index (χ1) is 34.0. The van der Waals surface area contributed by atoms with Gasteiger partial charge in [-0.15, -0.1) is 0 Å². The molecule has 0 N–H and O–H groups in total. The average molecular weight is 956 g/mol. The van der Waals surface area contributed by atoms with Crippen LogP contribution in [-0.2, 0) is 28.6 Å². The van der Waals surface area contributed by atoms with Crippen LogP contribution in [0.3, 0.4) is 0 Å². The number of unbranched alkanes of at least 4 members (excludes halogenated alkanes) is 18. The predicted octanol–water partition coefficient (Wildman–Crippen LogP) is 18.9. The van der Waals surface area contributed by atoms with Crippen LogP contribution >= 0.6 is 0 Å². The van der Waals surface area contributed by atoms with Crippen LogP contribution < -0.4 is 0 Å². The number of allylic oxidation sites excluding steroid dienone is 20. The first-order valence-electron chi connectivity index (χ1n) is 28.0. The zero-order valence-electron chi connectivity index (χ0n) is 44.5. The van der Waals surface area contributed by atoms with Gasteiger partial charge < -0.3 is 14.2 Å². The number of carbonyl (C=O) groups excluding carboxylic acids is 3. The van der Waals surface area contributed by atoms with Crippen molar-refractivity contribution in [2.75, 3.05) is 13.2 Å². The Morgan fingerprint density at radius 2 is 0.580 bits per heavy atom. The summed E-state index contributed by atoms with van der Waals surface area (Å²) in [7, 11) is 0. The van der Waals surface area contributed by atoms with Gasteiger partial charge in [0.2, 0.25) is 0 Å². The van der Waals surface area contributed by atoms with Crippen molar-refractivity contribution in [2.45, 2.75) is 245 Å². The van der Waals surface area contributed by atoms with E-state index < -0.39 is 6.10 Å². The molecule has 69 heavy (non-hydrogen) atoms. The van der Waals surface area contributed by atoms with Crippen LogP contribution in [0.25, 0.3) is 0 Å². The van der Waals surface area contributed by atoms with Gasteiger partial charge in [-0.3, -0.25) is 14.4 Å². The Balaban J connectivity index is 4.57. The van der Waals surface area contributed by atoms with Gasteiger partial charge in [0.15, 0.2) is 6.10 Å². The molecule has 0 heterocycles. The lowest BCUT2D eigenvalue weighted by Gasteiger charge is -2.18. The molecule has 0 aromatic heterocycles. The second kappa shape index (κ2) is 56.4. The molecule has 1 atom stereocenters. The summed E-state index contributed by atoms with van der Waals surface area (Å²) in [5.41, 5.74) is 0. The molecule has 6 heteroatoms. The summed E-state index contributed by atoms with van der Waals surface area (Å²) in [6, 6.07) is 0. The standard InChI is InChI=1S/C63H102O6/c1-4-7-10-13-16-19-22-25-28-31-34-37-40-43-46-49-52-55-61(64)67-58-60(69-63(66)57-54-51-48-45-42-39-36-33-30-27-24-21-18-15-12-9-6-3)59-68-62(65)56-53-50-47-44-41-38-35-32-29-26-23-20-17-14-11-8-5-2/h7,10,16,18-19,21,25-30,34-39,44,47,60H,4-6,8-9,11-15,17,20,22-24,31-33,40-43,45-46,48-59H2,1-3H3/b10-7-,19-16-,21-18-,28-25-,29-26-,30-27-,37-34-,38-35-,39-36-,47-44-/t60-/m1/s1. The van der Waals surface area contributed by atoms with Gasteiger partial charge in [-0.1, -0.05) is 213 Å². The Morgan fingerprint density at radius 1 is 0.304 bits per heavy atom. The highest BCUT2D eigenvalue weighted by Crippen LogP contribution is 2.12. The Kier molecular flexibility index (Phi) is 53.0. The third-order valence-electron chi connectivity index (χ3n) is 11.4. The van der Waals surface area contributed by atoms with Crippen LogP contribution in [0.5, 0.6) is 0 Å². The lowest BCUT2D eigenvalue weighted by atomic mass is 10.1. The Labute approximate surface area is 424 Å². The fourth-order valence-electron chi connectivity index (χ4n) is 7.22. The second-order valence-corrected chi connectivity index (χ2v) is 18.1. The molecule has 0 aliphatic rings. The average Bonchev–Trinajstić information content (AvgIpc) is 3.35. The van der Waals surface area contributed by atoms with Gasteiger partial charge in [0.05, 0.1) is 0 Å². The van der Waals surface area contributed by atoms with Gasteiger partial charge in [0.25, 0.3) is 0 Å². The quantitative estimate of drug-likeness (QED) is 0.0262. The minimum Gasteiger partial charge on any atom is -0.462 e. The van der Waals surface area contributed by atoms with E-state index in [2.05, 4.69) is 142 Å². The molecule has 0 unspecified atom stereocenters. The minimum atomic E-state index is -0.824. The summed E-state index contributed by atoms with van der Waals surface area (Å²) in [6.45, 7) is 6.40. The molecular formula is C63H102O6. The lowest BCUT2D eigenvalue weighted by Crippen LogP contribution is -2.30. The van der Waals surface area contributed by atoms with E-state index in [1.807, 2.05) is 0 Å². The molecule has 390 valence electrons. The summed E-state index contributed by atoms with van der Waals surface area (Å²) in [5.74, 6) is -1.02. The maximum Gasteiger partial charge on any atom is 0.306 e. The molecule has 0 bridgehead atoms. The van der Waals surface area contributed by atoms with E-state index in [-0.39, 0.29) is 44.0 Å². The number of hydrogen-bond donors (Lipinski definition) is 0. The molecule has 0 aromatic carbocycles. The minimum absolute atomic E-state index is 0.119. The normalized spacial score (nSPS) is 13.0. The van der Waals surface area contributed by atoms with Crippen molar-refractivity contribution in [3.8, 4) is 0 Å². The highest BCUT2D eigenvalue weighted by atomic mass is 16.6. The van der Waals surface area contributed by atoms with Crippen LogP contribution in [0, 0.1) is 0 Å². The molecule has 0 fully saturated rings. The molecule has 0 spiro atoms. The summed E-state index contributed by atoms with van der Waals surface area (Å²) in [5, 5.41) is 0. The van der Waals surface area contributed by atoms with Gasteiger partial charge in [-0.2, -0.15) is 0 Å². The Morgan fingerprint density at radius 3 is 0.971 bits per heavy atom. The van der Waals surface area contributed by atoms with Crippen molar-refractivity contribution < 1.29 is 28.6 Å². The van der Waals surface area contributed by atoms with Crippen molar-refractivity contribution in [1.29, 1.82) is 0 Å². The van der Waals surface area contributed by atoms with Crippen molar-refractivity contribution in [3.63, 3.8) is 0 Å². The maximum absolute atomic E-state index is 12.8. The van der Waals surface area contributed by atoms with Crippen molar-refractivity contribution in [1.82, 2.24) is 0 Å². The number of carbonyl (C=O) groups is 3. The molecule has 0 rings (SSSR count). The second-order valence-electron chi connectivity index (χ2n) is 18.1. The van der Waals surface area contributed by atoms with Gasteiger partial charge in [-0.05, 0) is 128 Å². The van der Waals surface area contributed by atoms with Crippen molar-refractivity contribution >= 4 is 17.9 Å². The third kappa shape index (κ3) is 54.6. The SMILES string of the molecule is CC/C=C\C/C=C\C/C=C\C/C=C\CCCCCCC(=O)OC[C@H](COC(=O)CCC/C=C\C/C=C\C/C=C\CCCCCCCC)OC(=O)CCCCCC/C=C\C/C=C\C/C=C\CCCCC. The van der Waals surface area contributed by atoms with E-state index >= 15 is 0 Å². The van der Waals surface area contributed by atoms with E-state index in [1.165, 1.54) is 70.6 Å². The fraction of sp³-hybridized carbons (Fsp3) is 0.635. The Bertz CT molecular complexity index is 1470. The molecular weight excluding hydrogens is 853 g/mol. The molecule has 0 saturated heterocycles. The van der Waals surface area contributed by atoms with E-state index in [0.717, 1.165) is 122 Å². The van der Waals surface area contributed by atoms with E-state index in [4.69, 9.17) is 14.2 Å². The van der Waals surface area contributed by atoms with Crippen molar-refractivity contribution in [3.05, 3.63) is 122 Å². The molecule has 0 aliphatic heterocycles. The van der Waals surface area contributed by atoms with Crippen molar-refractivity contribution in [2.24, 2.45) is 0 Å². The number of rotatable bonds is 49. The third-order valence-corrected chi connectivity index (χ3v) is 11.4. The molecule has 0 aliphatic carbocycles. The fourth-order valence-corrected chi connectivity index (χ4v) is 7.22. The summed E-state index contributed by atoms with van der Waals surface area (Å²) in [6.07, 6.45) is 77.6. The van der Waals surface area contributed by atoms with Crippen LogP contribution in [0.1, 0.15) is 239 Å². The van der Waals surface area contributed by atoms with E-state index in [1.54, 1.807) is 0 Å². The smallest absolute Gasteiger partial charge is 0.306 e. The molecule has 0 aromatic rings. The van der Waals surface area contributed by atoms with E-state index in [0.29, 0.717) is 12.8 Å². The largest absolute Gasteiger partial charge is 0.462 e. The van der Waals surface area contributed by atoms with Crippen LogP contribution in [0.15, 0.2) is 122 Å². The summed E-state index contributed by atoms with van der Waals surface area (Å²) in [4.78, 5) is 38.1. The topological polar surface area (TPSA) is 78.9 Å². The molecule has 0 saturated carbocycles. The van der Waals surface area contributed by atoms with E-state index in [9.17, 15) is 14.4 Å². The first-order valence-corrected chi connectivity index (χ1v) is 28.0. The molecule has 0 radical (unpaired) electrons. The van der Waals surface area contributed by atoms with Gasteiger partial charge in [0, 0.05) is 19.3 Å². The number of esters is 3. The zero-order chi connectivity index (χ0) is 50.0. The monoisotopic (exact) mass is 955 g/mol. The molecule has 0 amide bonds. The highest BCUT2D eigenvalue weighted by molar-refractivity contribution is 5.71. The number of ether oxygens (including phenoxy) is 3. The highest BCUT2D eigenvalue weighted by Gasteiger charge is 2.19. The predicted molar refractivity (Wildman–Crippen MR) is 297 cm³/mol. The zero-order valence-corrected chi connectivity index (χ0v) is 44.5. The van der Waals surface area contributed by atoms with Crippen LogP contribution in [0.2, 0.25) is 0 Å². The van der Waals surface area contributed by atoms with Gasteiger partial charge >= 0.3 is 17.9 Å².